The standard InChI is InChI=1S/C13H16Cl2FNO/c1-9-6-17(8-11(5-14)18-9)7-10-2-3-12(15)13(16)4-10/h2-4,9,11H,5-8H2,1H3. The van der Waals surface area contributed by atoms with Gasteiger partial charge in [0.2, 0.25) is 0 Å². The van der Waals surface area contributed by atoms with E-state index in [1.54, 1.807) is 6.07 Å². The Morgan fingerprint density at radius 1 is 1.44 bits per heavy atom. The van der Waals surface area contributed by atoms with Crippen molar-refractivity contribution >= 4 is 23.2 Å². The second kappa shape index (κ2) is 6.20. The van der Waals surface area contributed by atoms with Crippen LogP contribution in [0, 0.1) is 5.82 Å². The Balaban J connectivity index is 2.01. The van der Waals surface area contributed by atoms with Crippen molar-refractivity contribution in [3.05, 3.63) is 34.6 Å². The highest BCUT2D eigenvalue weighted by molar-refractivity contribution is 6.30. The van der Waals surface area contributed by atoms with Crippen LogP contribution in [0.15, 0.2) is 18.2 Å². The van der Waals surface area contributed by atoms with Gasteiger partial charge < -0.3 is 4.74 Å². The Kier molecular flexibility index (Phi) is 4.84. The summed E-state index contributed by atoms with van der Waals surface area (Å²) in [6, 6.07) is 4.93. The zero-order valence-electron chi connectivity index (χ0n) is 10.2. The van der Waals surface area contributed by atoms with E-state index in [-0.39, 0.29) is 23.0 Å². The highest BCUT2D eigenvalue weighted by Crippen LogP contribution is 2.19. The van der Waals surface area contributed by atoms with Crippen LogP contribution in [0.3, 0.4) is 0 Å². The van der Waals surface area contributed by atoms with E-state index in [9.17, 15) is 4.39 Å². The molecule has 0 N–H and O–H groups in total. The molecule has 2 unspecified atom stereocenters. The van der Waals surface area contributed by atoms with Gasteiger partial charge in [-0.3, -0.25) is 4.90 Å². The number of benzene rings is 1. The molecule has 0 radical (unpaired) electrons. The molecule has 1 saturated heterocycles. The molecule has 0 saturated carbocycles. The van der Waals surface area contributed by atoms with Crippen molar-refractivity contribution in [2.45, 2.75) is 25.7 Å². The SMILES string of the molecule is CC1CN(Cc2ccc(Cl)c(F)c2)CC(CCl)O1. The van der Waals surface area contributed by atoms with Crippen LogP contribution in [0.4, 0.5) is 4.39 Å². The largest absolute Gasteiger partial charge is 0.371 e. The summed E-state index contributed by atoms with van der Waals surface area (Å²) in [5.41, 5.74) is 0.916. The molecule has 0 aliphatic carbocycles. The zero-order valence-corrected chi connectivity index (χ0v) is 11.7. The average molecular weight is 292 g/mol. The van der Waals surface area contributed by atoms with E-state index >= 15 is 0 Å². The lowest BCUT2D eigenvalue weighted by molar-refractivity contribution is -0.0689. The first-order valence-electron chi connectivity index (χ1n) is 5.96. The third-order valence-corrected chi connectivity index (χ3v) is 3.61. The van der Waals surface area contributed by atoms with Crippen molar-refractivity contribution in [2.75, 3.05) is 19.0 Å². The maximum Gasteiger partial charge on any atom is 0.142 e. The van der Waals surface area contributed by atoms with Crippen LogP contribution in [0.2, 0.25) is 5.02 Å². The molecule has 100 valence electrons. The summed E-state index contributed by atoms with van der Waals surface area (Å²) in [6.07, 6.45) is 0.201. The van der Waals surface area contributed by atoms with Gasteiger partial charge in [-0.2, -0.15) is 0 Å². The molecule has 0 bridgehead atoms. The molecule has 1 heterocycles. The Morgan fingerprint density at radius 2 is 2.22 bits per heavy atom. The van der Waals surface area contributed by atoms with Crippen molar-refractivity contribution in [1.29, 1.82) is 0 Å². The zero-order chi connectivity index (χ0) is 13.1. The minimum Gasteiger partial charge on any atom is -0.371 e. The van der Waals surface area contributed by atoms with Crippen molar-refractivity contribution in [3.8, 4) is 0 Å². The van der Waals surface area contributed by atoms with Gasteiger partial charge in [0.05, 0.1) is 17.2 Å². The maximum atomic E-state index is 13.4. The molecule has 2 atom stereocenters. The van der Waals surface area contributed by atoms with E-state index in [1.165, 1.54) is 6.07 Å². The molecule has 1 aliphatic heterocycles. The normalized spacial score (nSPS) is 25.3. The van der Waals surface area contributed by atoms with E-state index in [0.717, 1.165) is 18.7 Å². The van der Waals surface area contributed by atoms with Gasteiger partial charge in [-0.05, 0) is 24.6 Å². The third-order valence-electron chi connectivity index (χ3n) is 2.96. The van der Waals surface area contributed by atoms with E-state index in [4.69, 9.17) is 27.9 Å². The smallest absolute Gasteiger partial charge is 0.142 e. The molecule has 5 heteroatoms. The molecule has 0 aromatic heterocycles. The van der Waals surface area contributed by atoms with Gasteiger partial charge in [-0.25, -0.2) is 4.39 Å². The van der Waals surface area contributed by atoms with Gasteiger partial charge >= 0.3 is 0 Å². The molecule has 18 heavy (non-hydrogen) atoms. The summed E-state index contributed by atoms with van der Waals surface area (Å²) in [4.78, 5) is 2.23. The molecule has 1 aromatic rings. The Labute approximate surface area is 117 Å². The molecular weight excluding hydrogens is 276 g/mol. The summed E-state index contributed by atoms with van der Waals surface area (Å²) in [5, 5.41) is 0.160. The molecule has 1 aliphatic rings. The fourth-order valence-corrected chi connectivity index (χ4v) is 2.54. The fraction of sp³-hybridized carbons (Fsp3) is 0.538. The summed E-state index contributed by atoms with van der Waals surface area (Å²) in [6.45, 7) is 4.32. The second-order valence-electron chi connectivity index (χ2n) is 4.67. The summed E-state index contributed by atoms with van der Waals surface area (Å²) < 4.78 is 19.0. The van der Waals surface area contributed by atoms with E-state index < -0.39 is 0 Å². The number of ether oxygens (including phenoxy) is 1. The van der Waals surface area contributed by atoms with Crippen molar-refractivity contribution in [1.82, 2.24) is 4.90 Å². The van der Waals surface area contributed by atoms with E-state index in [1.807, 2.05) is 13.0 Å². The van der Waals surface area contributed by atoms with Crippen LogP contribution in [0.1, 0.15) is 12.5 Å². The number of alkyl halides is 1. The van der Waals surface area contributed by atoms with Crippen LogP contribution in [0.5, 0.6) is 0 Å². The minimum absolute atomic E-state index is 0.0487. The minimum atomic E-state index is -0.371. The van der Waals surface area contributed by atoms with Crippen LogP contribution in [0.25, 0.3) is 0 Å². The molecule has 1 aromatic carbocycles. The predicted octanol–water partition coefficient (Wildman–Crippen LogP) is 3.31. The number of rotatable bonds is 3. The van der Waals surface area contributed by atoms with Crippen molar-refractivity contribution < 1.29 is 9.13 Å². The molecule has 0 amide bonds. The van der Waals surface area contributed by atoms with Crippen molar-refractivity contribution in [3.63, 3.8) is 0 Å². The maximum absolute atomic E-state index is 13.4. The molecular formula is C13H16Cl2FNO. The number of halogens is 3. The Morgan fingerprint density at radius 3 is 2.89 bits per heavy atom. The quantitative estimate of drug-likeness (QED) is 0.793. The summed E-state index contributed by atoms with van der Waals surface area (Å²) in [7, 11) is 0. The van der Waals surface area contributed by atoms with E-state index in [2.05, 4.69) is 4.90 Å². The lowest BCUT2D eigenvalue weighted by atomic mass is 10.1. The number of nitrogens with zero attached hydrogens (tertiary/aromatic N) is 1. The number of hydrogen-bond donors (Lipinski definition) is 0. The number of hydrogen-bond acceptors (Lipinski definition) is 2. The lowest BCUT2D eigenvalue weighted by Gasteiger charge is -2.36. The predicted molar refractivity (Wildman–Crippen MR) is 71.7 cm³/mol. The van der Waals surface area contributed by atoms with Gasteiger partial charge in [0.15, 0.2) is 0 Å². The summed E-state index contributed by atoms with van der Waals surface area (Å²) in [5.74, 6) is 0.111. The van der Waals surface area contributed by atoms with E-state index in [0.29, 0.717) is 12.4 Å². The van der Waals surface area contributed by atoms with Crippen LogP contribution in [-0.4, -0.2) is 36.1 Å². The highest BCUT2D eigenvalue weighted by atomic mass is 35.5. The van der Waals surface area contributed by atoms with Crippen LogP contribution in [-0.2, 0) is 11.3 Å². The first-order valence-corrected chi connectivity index (χ1v) is 6.87. The summed E-state index contributed by atoms with van der Waals surface area (Å²) >= 11 is 11.5. The number of morpholine rings is 1. The van der Waals surface area contributed by atoms with Gasteiger partial charge in [0.1, 0.15) is 5.82 Å². The van der Waals surface area contributed by atoms with Gasteiger partial charge in [-0.15, -0.1) is 11.6 Å². The average Bonchev–Trinajstić information content (AvgIpc) is 2.33. The fourth-order valence-electron chi connectivity index (χ4n) is 2.25. The monoisotopic (exact) mass is 291 g/mol. The highest BCUT2D eigenvalue weighted by Gasteiger charge is 2.24. The van der Waals surface area contributed by atoms with Crippen molar-refractivity contribution in [2.24, 2.45) is 0 Å². The molecule has 0 spiro atoms. The van der Waals surface area contributed by atoms with Gasteiger partial charge in [0.25, 0.3) is 0 Å². The Bertz CT molecular complexity index is 416. The Hall–Kier alpha value is -0.350. The first kappa shape index (κ1) is 14.1. The molecule has 2 rings (SSSR count). The lowest BCUT2D eigenvalue weighted by Crippen LogP contribution is -2.46. The van der Waals surface area contributed by atoms with Crippen LogP contribution >= 0.6 is 23.2 Å². The first-order chi connectivity index (χ1) is 8.58. The van der Waals surface area contributed by atoms with Crippen LogP contribution < -0.4 is 0 Å². The molecule has 2 nitrogen and oxygen atoms in total. The third kappa shape index (κ3) is 3.58. The van der Waals surface area contributed by atoms with Gasteiger partial charge in [0, 0.05) is 25.5 Å². The van der Waals surface area contributed by atoms with Gasteiger partial charge in [-0.1, -0.05) is 17.7 Å². The second-order valence-corrected chi connectivity index (χ2v) is 5.38. The molecule has 1 fully saturated rings. The topological polar surface area (TPSA) is 12.5 Å².